The lowest BCUT2D eigenvalue weighted by atomic mass is 10.2. The highest BCUT2D eigenvalue weighted by Gasteiger charge is 2.06. The average molecular weight is 278 g/mol. The SMILES string of the molecule is CCCNCc1cc(COc2ccc(F)c(C)c2)on1. The molecule has 0 unspecified atom stereocenters. The summed E-state index contributed by atoms with van der Waals surface area (Å²) in [5, 5.41) is 7.20. The van der Waals surface area contributed by atoms with Crippen molar-refractivity contribution in [2.75, 3.05) is 6.54 Å². The molecule has 1 heterocycles. The van der Waals surface area contributed by atoms with Gasteiger partial charge >= 0.3 is 0 Å². The zero-order chi connectivity index (χ0) is 14.4. The van der Waals surface area contributed by atoms with E-state index in [2.05, 4.69) is 17.4 Å². The Kier molecular flexibility index (Phi) is 5.12. The van der Waals surface area contributed by atoms with Crippen LogP contribution in [-0.4, -0.2) is 11.7 Å². The van der Waals surface area contributed by atoms with Crippen molar-refractivity contribution in [2.45, 2.75) is 33.4 Å². The second-order valence-corrected chi connectivity index (χ2v) is 4.66. The van der Waals surface area contributed by atoms with Crippen LogP contribution >= 0.6 is 0 Å². The minimum absolute atomic E-state index is 0.235. The fourth-order valence-electron chi connectivity index (χ4n) is 1.76. The van der Waals surface area contributed by atoms with Gasteiger partial charge in [-0.05, 0) is 43.7 Å². The second kappa shape index (κ2) is 7.05. The third kappa shape index (κ3) is 4.06. The highest BCUT2D eigenvalue weighted by Crippen LogP contribution is 2.17. The van der Waals surface area contributed by atoms with E-state index < -0.39 is 0 Å². The van der Waals surface area contributed by atoms with Crippen molar-refractivity contribution >= 4 is 0 Å². The van der Waals surface area contributed by atoms with E-state index in [1.54, 1.807) is 19.1 Å². The quantitative estimate of drug-likeness (QED) is 0.790. The van der Waals surface area contributed by atoms with Crippen molar-refractivity contribution in [1.82, 2.24) is 10.5 Å². The Labute approximate surface area is 117 Å². The fourth-order valence-corrected chi connectivity index (χ4v) is 1.76. The van der Waals surface area contributed by atoms with Gasteiger partial charge in [-0.3, -0.25) is 0 Å². The number of benzene rings is 1. The molecule has 1 aromatic carbocycles. The summed E-state index contributed by atoms with van der Waals surface area (Å²) in [6.07, 6.45) is 1.08. The molecule has 0 spiro atoms. The van der Waals surface area contributed by atoms with Crippen molar-refractivity contribution in [1.29, 1.82) is 0 Å². The van der Waals surface area contributed by atoms with Gasteiger partial charge in [0, 0.05) is 12.6 Å². The third-order valence-corrected chi connectivity index (χ3v) is 2.85. The van der Waals surface area contributed by atoms with Crippen LogP contribution in [0.15, 0.2) is 28.8 Å². The lowest BCUT2D eigenvalue weighted by Gasteiger charge is -2.04. The van der Waals surface area contributed by atoms with Crippen LogP contribution in [0.2, 0.25) is 0 Å². The molecule has 2 aromatic rings. The smallest absolute Gasteiger partial charge is 0.174 e. The Hall–Kier alpha value is -1.88. The highest BCUT2D eigenvalue weighted by atomic mass is 19.1. The standard InChI is InChI=1S/C15H19FN2O2/c1-3-6-17-9-12-8-14(20-18-12)10-19-13-4-5-15(16)11(2)7-13/h4-5,7-8,17H,3,6,9-10H2,1-2H3. The molecular formula is C15H19FN2O2. The van der Waals surface area contributed by atoms with Crippen LogP contribution in [0.1, 0.15) is 30.4 Å². The Balaban J connectivity index is 1.85. The normalized spacial score (nSPS) is 10.8. The van der Waals surface area contributed by atoms with E-state index in [1.807, 2.05) is 6.07 Å². The molecule has 0 radical (unpaired) electrons. The zero-order valence-electron chi connectivity index (χ0n) is 11.8. The maximum Gasteiger partial charge on any atom is 0.174 e. The maximum atomic E-state index is 13.1. The van der Waals surface area contributed by atoms with Gasteiger partial charge in [0.1, 0.15) is 18.2 Å². The second-order valence-electron chi connectivity index (χ2n) is 4.66. The van der Waals surface area contributed by atoms with E-state index in [4.69, 9.17) is 9.26 Å². The number of hydrogen-bond acceptors (Lipinski definition) is 4. The van der Waals surface area contributed by atoms with Crippen LogP contribution in [0.4, 0.5) is 4.39 Å². The van der Waals surface area contributed by atoms with E-state index in [9.17, 15) is 4.39 Å². The number of ether oxygens (including phenoxy) is 1. The fraction of sp³-hybridized carbons (Fsp3) is 0.400. The maximum absolute atomic E-state index is 13.1. The van der Waals surface area contributed by atoms with Gasteiger partial charge in [0.15, 0.2) is 5.76 Å². The number of aromatic nitrogens is 1. The number of nitrogens with one attached hydrogen (secondary N) is 1. The minimum Gasteiger partial charge on any atom is -0.486 e. The molecule has 0 bridgehead atoms. The molecule has 0 atom stereocenters. The Morgan fingerprint density at radius 2 is 2.20 bits per heavy atom. The molecule has 0 aliphatic carbocycles. The van der Waals surface area contributed by atoms with Gasteiger partial charge in [0.25, 0.3) is 0 Å². The van der Waals surface area contributed by atoms with Crippen LogP contribution in [0.25, 0.3) is 0 Å². The summed E-state index contributed by atoms with van der Waals surface area (Å²) in [5.41, 5.74) is 1.41. The topological polar surface area (TPSA) is 47.3 Å². The molecular weight excluding hydrogens is 259 g/mol. The first-order valence-corrected chi connectivity index (χ1v) is 6.73. The van der Waals surface area contributed by atoms with Crippen LogP contribution in [0, 0.1) is 12.7 Å². The summed E-state index contributed by atoms with van der Waals surface area (Å²) in [5.74, 6) is 1.03. The lowest BCUT2D eigenvalue weighted by Crippen LogP contribution is -2.13. The first kappa shape index (κ1) is 14.5. The van der Waals surface area contributed by atoms with Gasteiger partial charge in [-0.2, -0.15) is 0 Å². The average Bonchev–Trinajstić information content (AvgIpc) is 2.88. The molecule has 0 aliphatic heterocycles. The molecule has 1 aromatic heterocycles. The molecule has 0 fully saturated rings. The van der Waals surface area contributed by atoms with Gasteiger partial charge in [-0.1, -0.05) is 12.1 Å². The van der Waals surface area contributed by atoms with E-state index in [-0.39, 0.29) is 12.4 Å². The molecule has 4 nitrogen and oxygen atoms in total. The number of aryl methyl sites for hydroxylation is 1. The third-order valence-electron chi connectivity index (χ3n) is 2.85. The van der Waals surface area contributed by atoms with E-state index in [0.717, 1.165) is 18.7 Å². The van der Waals surface area contributed by atoms with E-state index in [0.29, 0.717) is 23.6 Å². The van der Waals surface area contributed by atoms with Crippen LogP contribution in [-0.2, 0) is 13.2 Å². The molecule has 0 saturated heterocycles. The molecule has 1 N–H and O–H groups in total. The minimum atomic E-state index is -0.235. The van der Waals surface area contributed by atoms with Crippen LogP contribution < -0.4 is 10.1 Å². The van der Waals surface area contributed by atoms with E-state index >= 15 is 0 Å². The largest absolute Gasteiger partial charge is 0.486 e. The Bertz CT molecular complexity index is 555. The number of hydrogen-bond donors (Lipinski definition) is 1. The summed E-state index contributed by atoms with van der Waals surface area (Å²) < 4.78 is 23.8. The Morgan fingerprint density at radius 3 is 2.95 bits per heavy atom. The molecule has 5 heteroatoms. The molecule has 20 heavy (non-hydrogen) atoms. The predicted molar refractivity (Wildman–Crippen MR) is 74.0 cm³/mol. The monoisotopic (exact) mass is 278 g/mol. The number of nitrogens with zero attached hydrogens (tertiary/aromatic N) is 1. The van der Waals surface area contributed by atoms with Crippen molar-refractivity contribution in [3.63, 3.8) is 0 Å². The van der Waals surface area contributed by atoms with Crippen molar-refractivity contribution in [2.24, 2.45) is 0 Å². The highest BCUT2D eigenvalue weighted by molar-refractivity contribution is 5.28. The van der Waals surface area contributed by atoms with Crippen molar-refractivity contribution in [3.05, 3.63) is 47.1 Å². The van der Waals surface area contributed by atoms with E-state index in [1.165, 1.54) is 6.07 Å². The molecule has 0 amide bonds. The van der Waals surface area contributed by atoms with Crippen molar-refractivity contribution in [3.8, 4) is 5.75 Å². The summed E-state index contributed by atoms with van der Waals surface area (Å²) >= 11 is 0. The zero-order valence-corrected chi connectivity index (χ0v) is 11.8. The summed E-state index contributed by atoms with van der Waals surface area (Å²) in [6, 6.07) is 6.52. The predicted octanol–water partition coefficient (Wildman–Crippen LogP) is 3.20. The van der Waals surface area contributed by atoms with Gasteiger partial charge in [0.2, 0.25) is 0 Å². The molecule has 2 rings (SSSR count). The molecule has 0 saturated carbocycles. The summed E-state index contributed by atoms with van der Waals surface area (Å²) in [7, 11) is 0. The van der Waals surface area contributed by atoms with Gasteiger partial charge in [-0.25, -0.2) is 4.39 Å². The van der Waals surface area contributed by atoms with Gasteiger partial charge in [0.05, 0.1) is 5.69 Å². The van der Waals surface area contributed by atoms with Crippen LogP contribution in [0.3, 0.4) is 0 Å². The summed E-state index contributed by atoms with van der Waals surface area (Å²) in [4.78, 5) is 0. The summed E-state index contributed by atoms with van der Waals surface area (Å²) in [6.45, 7) is 5.74. The number of rotatable bonds is 7. The molecule has 0 aliphatic rings. The Morgan fingerprint density at radius 1 is 1.35 bits per heavy atom. The van der Waals surface area contributed by atoms with Gasteiger partial charge in [-0.15, -0.1) is 0 Å². The number of halogens is 1. The van der Waals surface area contributed by atoms with Crippen molar-refractivity contribution < 1.29 is 13.7 Å². The van der Waals surface area contributed by atoms with Gasteiger partial charge < -0.3 is 14.6 Å². The first-order chi connectivity index (χ1) is 9.69. The van der Waals surface area contributed by atoms with Crippen LogP contribution in [0.5, 0.6) is 5.75 Å². The first-order valence-electron chi connectivity index (χ1n) is 6.73. The lowest BCUT2D eigenvalue weighted by molar-refractivity contribution is 0.248. The molecule has 108 valence electrons.